The monoisotopic (exact) mass is 366 g/mol. The summed E-state index contributed by atoms with van der Waals surface area (Å²) < 4.78 is 3.86. The van der Waals surface area contributed by atoms with Crippen LogP contribution < -0.4 is 10.6 Å². The largest absolute Gasteiger partial charge is 0.357 e. The number of benzene rings is 1. The average Bonchev–Trinajstić information content (AvgIpc) is 3.23. The van der Waals surface area contributed by atoms with Gasteiger partial charge in [0.15, 0.2) is 11.8 Å². The van der Waals surface area contributed by atoms with Crippen molar-refractivity contribution in [1.29, 1.82) is 0 Å². The SMILES string of the molecule is CCNC(=NCc1c(C)nn(C)c1C)NCc1nncn1-c1ccccc1. The predicted molar refractivity (Wildman–Crippen MR) is 106 cm³/mol. The van der Waals surface area contributed by atoms with Gasteiger partial charge in [-0.2, -0.15) is 5.10 Å². The zero-order valence-electron chi connectivity index (χ0n) is 16.3. The van der Waals surface area contributed by atoms with Gasteiger partial charge in [0.1, 0.15) is 6.33 Å². The summed E-state index contributed by atoms with van der Waals surface area (Å²) in [5.74, 6) is 1.56. The second-order valence-electron chi connectivity index (χ2n) is 6.27. The topological polar surface area (TPSA) is 84.9 Å². The zero-order chi connectivity index (χ0) is 19.2. The first-order valence-corrected chi connectivity index (χ1v) is 9.05. The Hall–Kier alpha value is -3.16. The molecule has 142 valence electrons. The summed E-state index contributed by atoms with van der Waals surface area (Å²) >= 11 is 0. The van der Waals surface area contributed by atoms with E-state index in [2.05, 4.69) is 32.9 Å². The van der Waals surface area contributed by atoms with Crippen molar-refractivity contribution in [3.63, 3.8) is 0 Å². The van der Waals surface area contributed by atoms with Crippen molar-refractivity contribution < 1.29 is 0 Å². The van der Waals surface area contributed by atoms with Crippen molar-refractivity contribution in [2.24, 2.45) is 12.0 Å². The first-order valence-electron chi connectivity index (χ1n) is 9.05. The van der Waals surface area contributed by atoms with Crippen molar-refractivity contribution in [2.75, 3.05) is 6.54 Å². The Morgan fingerprint density at radius 2 is 1.93 bits per heavy atom. The van der Waals surface area contributed by atoms with Crippen LogP contribution in [-0.2, 0) is 20.1 Å². The third-order valence-electron chi connectivity index (χ3n) is 4.47. The van der Waals surface area contributed by atoms with Crippen molar-refractivity contribution in [1.82, 2.24) is 35.2 Å². The third-order valence-corrected chi connectivity index (χ3v) is 4.47. The first-order chi connectivity index (χ1) is 13.1. The molecule has 8 nitrogen and oxygen atoms in total. The van der Waals surface area contributed by atoms with E-state index in [0.717, 1.165) is 41.0 Å². The number of hydrogen-bond donors (Lipinski definition) is 2. The lowest BCUT2D eigenvalue weighted by Crippen LogP contribution is -2.37. The molecular formula is C19H26N8. The molecule has 1 aromatic carbocycles. The Morgan fingerprint density at radius 1 is 1.15 bits per heavy atom. The normalized spacial score (nSPS) is 11.6. The molecule has 2 heterocycles. The highest BCUT2D eigenvalue weighted by Gasteiger charge is 2.10. The molecule has 0 spiro atoms. The second-order valence-corrected chi connectivity index (χ2v) is 6.27. The molecule has 2 aromatic heterocycles. The molecule has 3 aromatic rings. The van der Waals surface area contributed by atoms with Gasteiger partial charge in [-0.3, -0.25) is 9.25 Å². The number of guanidine groups is 1. The molecule has 0 fully saturated rings. The Morgan fingerprint density at radius 3 is 2.59 bits per heavy atom. The molecule has 3 rings (SSSR count). The standard InChI is InChI=1S/C19H26N8/c1-5-20-19(21-11-17-14(2)25-26(4)15(17)3)22-12-18-24-23-13-27(18)16-9-7-6-8-10-16/h6-10,13H,5,11-12H2,1-4H3,(H2,20,21,22). The van der Waals surface area contributed by atoms with Gasteiger partial charge < -0.3 is 10.6 Å². The van der Waals surface area contributed by atoms with Crippen LogP contribution >= 0.6 is 0 Å². The van der Waals surface area contributed by atoms with E-state index in [-0.39, 0.29) is 0 Å². The van der Waals surface area contributed by atoms with Crippen LogP contribution in [0.25, 0.3) is 5.69 Å². The van der Waals surface area contributed by atoms with Crippen LogP contribution in [0.15, 0.2) is 41.7 Å². The maximum atomic E-state index is 4.70. The minimum Gasteiger partial charge on any atom is -0.357 e. The highest BCUT2D eigenvalue weighted by atomic mass is 15.3. The molecule has 0 saturated carbocycles. The number of hydrogen-bond acceptors (Lipinski definition) is 4. The summed E-state index contributed by atoms with van der Waals surface area (Å²) in [5, 5.41) is 19.3. The highest BCUT2D eigenvalue weighted by molar-refractivity contribution is 5.79. The van der Waals surface area contributed by atoms with Crippen LogP contribution in [0, 0.1) is 13.8 Å². The van der Waals surface area contributed by atoms with Gasteiger partial charge >= 0.3 is 0 Å². The Balaban J connectivity index is 1.72. The van der Waals surface area contributed by atoms with Gasteiger partial charge in [-0.25, -0.2) is 4.99 Å². The lowest BCUT2D eigenvalue weighted by atomic mass is 10.2. The van der Waals surface area contributed by atoms with Gasteiger partial charge in [0.05, 0.1) is 18.8 Å². The van der Waals surface area contributed by atoms with E-state index in [9.17, 15) is 0 Å². The quantitative estimate of drug-likeness (QED) is 0.514. The number of aromatic nitrogens is 5. The van der Waals surface area contributed by atoms with Crippen molar-refractivity contribution >= 4 is 5.96 Å². The number of aliphatic imine (C=N–C) groups is 1. The van der Waals surface area contributed by atoms with Gasteiger partial charge in [0, 0.05) is 30.5 Å². The lowest BCUT2D eigenvalue weighted by Gasteiger charge is -2.12. The number of nitrogens with zero attached hydrogens (tertiary/aromatic N) is 6. The Bertz CT molecular complexity index is 907. The lowest BCUT2D eigenvalue weighted by molar-refractivity contribution is 0.729. The average molecular weight is 366 g/mol. The van der Waals surface area contributed by atoms with Gasteiger partial charge in [0.25, 0.3) is 0 Å². The summed E-state index contributed by atoms with van der Waals surface area (Å²) in [6.45, 7) is 8.00. The van der Waals surface area contributed by atoms with Crippen molar-refractivity contribution in [3.05, 3.63) is 59.4 Å². The molecule has 0 amide bonds. The molecule has 8 heteroatoms. The smallest absolute Gasteiger partial charge is 0.191 e. The van der Waals surface area contributed by atoms with Crippen LogP contribution in [0.2, 0.25) is 0 Å². The summed E-state index contributed by atoms with van der Waals surface area (Å²) in [4.78, 5) is 4.70. The minimum absolute atomic E-state index is 0.520. The van der Waals surface area contributed by atoms with Crippen LogP contribution in [0.4, 0.5) is 0 Å². The molecule has 27 heavy (non-hydrogen) atoms. The summed E-state index contributed by atoms with van der Waals surface area (Å²) in [5.41, 5.74) is 4.33. The van der Waals surface area contributed by atoms with E-state index in [0.29, 0.717) is 13.1 Å². The molecule has 0 aliphatic carbocycles. The molecule has 0 bridgehead atoms. The zero-order valence-corrected chi connectivity index (χ0v) is 16.3. The molecule has 2 N–H and O–H groups in total. The maximum Gasteiger partial charge on any atom is 0.191 e. The van der Waals surface area contributed by atoms with Gasteiger partial charge in [-0.15, -0.1) is 10.2 Å². The fourth-order valence-electron chi connectivity index (χ4n) is 2.89. The van der Waals surface area contributed by atoms with Crippen molar-refractivity contribution in [3.8, 4) is 5.69 Å². The van der Waals surface area contributed by atoms with E-state index < -0.39 is 0 Å². The fourth-order valence-corrected chi connectivity index (χ4v) is 2.89. The second kappa shape index (κ2) is 8.48. The van der Waals surface area contributed by atoms with Crippen LogP contribution in [0.5, 0.6) is 0 Å². The van der Waals surface area contributed by atoms with Gasteiger partial charge in [-0.05, 0) is 32.9 Å². The fraction of sp³-hybridized carbons (Fsp3) is 0.368. The molecule has 0 saturated heterocycles. The van der Waals surface area contributed by atoms with Gasteiger partial charge in [-0.1, -0.05) is 18.2 Å². The predicted octanol–water partition coefficient (Wildman–Crippen LogP) is 1.87. The van der Waals surface area contributed by atoms with E-state index in [4.69, 9.17) is 4.99 Å². The highest BCUT2D eigenvalue weighted by Crippen LogP contribution is 2.13. The maximum absolute atomic E-state index is 4.70. The van der Waals surface area contributed by atoms with Gasteiger partial charge in [0.2, 0.25) is 0 Å². The van der Waals surface area contributed by atoms with E-state index in [1.807, 2.05) is 60.5 Å². The third kappa shape index (κ3) is 4.33. The van der Waals surface area contributed by atoms with Crippen LogP contribution in [-0.4, -0.2) is 37.0 Å². The van der Waals surface area contributed by atoms with Crippen LogP contribution in [0.3, 0.4) is 0 Å². The van der Waals surface area contributed by atoms with E-state index in [1.54, 1.807) is 6.33 Å². The summed E-state index contributed by atoms with van der Waals surface area (Å²) in [6.07, 6.45) is 1.72. The molecule has 0 aliphatic rings. The van der Waals surface area contributed by atoms with E-state index in [1.165, 1.54) is 0 Å². The molecule has 0 aliphatic heterocycles. The minimum atomic E-state index is 0.520. The Labute approximate surface area is 159 Å². The number of rotatable bonds is 6. The molecule has 0 radical (unpaired) electrons. The first kappa shape index (κ1) is 18.6. The molecule has 0 atom stereocenters. The number of nitrogens with one attached hydrogen (secondary N) is 2. The van der Waals surface area contributed by atoms with E-state index >= 15 is 0 Å². The van der Waals surface area contributed by atoms with Crippen LogP contribution in [0.1, 0.15) is 29.7 Å². The van der Waals surface area contributed by atoms with Crippen molar-refractivity contribution in [2.45, 2.75) is 33.9 Å². The number of para-hydroxylation sites is 1. The number of aryl methyl sites for hydroxylation is 2. The Kier molecular flexibility index (Phi) is 5.85. The molecule has 0 unspecified atom stereocenters. The summed E-state index contributed by atoms with van der Waals surface area (Å²) in [7, 11) is 1.95. The molecular weight excluding hydrogens is 340 g/mol. The summed E-state index contributed by atoms with van der Waals surface area (Å²) in [6, 6.07) is 10.0.